The quantitative estimate of drug-likeness (QED) is 0.536. The number of hydrogen-bond acceptors (Lipinski definition) is 5. The number of imidazole rings is 1. The van der Waals surface area contributed by atoms with Crippen molar-refractivity contribution in [1.29, 1.82) is 0 Å². The maximum Gasteiger partial charge on any atom is 0.305 e. The van der Waals surface area contributed by atoms with Crippen molar-refractivity contribution >= 4 is 5.69 Å². The Morgan fingerprint density at radius 1 is 1.33 bits per heavy atom. The van der Waals surface area contributed by atoms with Crippen LogP contribution in [0.5, 0.6) is 0 Å². The second-order valence-electron chi connectivity index (χ2n) is 2.84. The second kappa shape index (κ2) is 3.45. The molecule has 2 aromatic rings. The summed E-state index contributed by atoms with van der Waals surface area (Å²) in [6, 6.07) is 0. The van der Waals surface area contributed by atoms with Gasteiger partial charge in [0.2, 0.25) is 5.95 Å². The van der Waals surface area contributed by atoms with Crippen molar-refractivity contribution in [2.45, 2.75) is 6.92 Å². The van der Waals surface area contributed by atoms with E-state index in [0.29, 0.717) is 5.95 Å². The highest BCUT2D eigenvalue weighted by atomic mass is 16.6. The van der Waals surface area contributed by atoms with Crippen LogP contribution in [-0.2, 0) is 0 Å². The number of hydrogen-bond donors (Lipinski definition) is 0. The van der Waals surface area contributed by atoms with Crippen LogP contribution in [0.1, 0.15) is 5.82 Å². The number of rotatable bonds is 2. The average Bonchev–Trinajstić information content (AvgIpc) is 2.65. The normalized spacial score (nSPS) is 10.2. The fourth-order valence-corrected chi connectivity index (χ4v) is 1.12. The summed E-state index contributed by atoms with van der Waals surface area (Å²) in [4.78, 5) is 21.6. The lowest BCUT2D eigenvalue weighted by molar-refractivity contribution is -0.385. The van der Waals surface area contributed by atoms with Gasteiger partial charge < -0.3 is 0 Å². The zero-order valence-corrected chi connectivity index (χ0v) is 7.86. The Kier molecular flexibility index (Phi) is 2.13. The first-order valence-corrected chi connectivity index (χ1v) is 4.15. The van der Waals surface area contributed by atoms with Crippen LogP contribution in [0.25, 0.3) is 5.95 Å². The predicted molar refractivity (Wildman–Crippen MR) is 50.5 cm³/mol. The van der Waals surface area contributed by atoms with Crippen LogP contribution >= 0.6 is 0 Å². The third kappa shape index (κ3) is 1.66. The van der Waals surface area contributed by atoms with Crippen LogP contribution < -0.4 is 0 Å². The summed E-state index contributed by atoms with van der Waals surface area (Å²) in [6.45, 7) is 1.80. The van der Waals surface area contributed by atoms with E-state index >= 15 is 0 Å². The number of aromatic nitrogens is 4. The van der Waals surface area contributed by atoms with Gasteiger partial charge in [-0.1, -0.05) is 0 Å². The van der Waals surface area contributed by atoms with E-state index in [0.717, 1.165) is 5.82 Å². The summed E-state index contributed by atoms with van der Waals surface area (Å²) in [5, 5.41) is 10.4. The molecular weight excluding hydrogens is 198 g/mol. The minimum atomic E-state index is -0.537. The number of nitrogens with zero attached hydrogens (tertiary/aromatic N) is 5. The molecule has 0 radical (unpaired) electrons. The number of nitro groups is 1. The molecule has 0 saturated carbocycles. The molecule has 0 N–H and O–H groups in total. The van der Waals surface area contributed by atoms with E-state index < -0.39 is 4.92 Å². The smallest absolute Gasteiger partial charge is 0.272 e. The summed E-state index contributed by atoms with van der Waals surface area (Å²) in [5.41, 5.74) is -0.128. The number of aryl methyl sites for hydroxylation is 1. The monoisotopic (exact) mass is 205 g/mol. The molecule has 7 nitrogen and oxygen atoms in total. The third-order valence-corrected chi connectivity index (χ3v) is 1.88. The average molecular weight is 205 g/mol. The van der Waals surface area contributed by atoms with Gasteiger partial charge in [-0.15, -0.1) is 0 Å². The van der Waals surface area contributed by atoms with Crippen LogP contribution in [0.3, 0.4) is 0 Å². The van der Waals surface area contributed by atoms with Gasteiger partial charge >= 0.3 is 5.69 Å². The Balaban J connectivity index is 2.40. The lowest BCUT2D eigenvalue weighted by Crippen LogP contribution is -2.02. The van der Waals surface area contributed by atoms with Crippen LogP contribution in [0.15, 0.2) is 24.8 Å². The first-order chi connectivity index (χ1) is 7.18. The van der Waals surface area contributed by atoms with Gasteiger partial charge in [0.05, 0.1) is 4.92 Å². The van der Waals surface area contributed by atoms with Crippen LogP contribution in [-0.4, -0.2) is 24.4 Å². The zero-order valence-electron chi connectivity index (χ0n) is 7.86. The molecule has 2 heterocycles. The van der Waals surface area contributed by atoms with Gasteiger partial charge in [-0.25, -0.2) is 15.0 Å². The van der Waals surface area contributed by atoms with Gasteiger partial charge in [-0.3, -0.25) is 14.7 Å². The van der Waals surface area contributed by atoms with Crippen molar-refractivity contribution in [2.75, 3.05) is 0 Å². The highest BCUT2D eigenvalue weighted by Crippen LogP contribution is 2.09. The largest absolute Gasteiger partial charge is 0.305 e. The van der Waals surface area contributed by atoms with Crippen molar-refractivity contribution in [3.63, 3.8) is 0 Å². The van der Waals surface area contributed by atoms with Crippen LogP contribution in [0, 0.1) is 17.0 Å². The SMILES string of the molecule is Cc1nccn1-c1ncc([N+](=O)[O-])cn1. The molecule has 0 aromatic carbocycles. The minimum absolute atomic E-state index is 0.128. The predicted octanol–water partition coefficient (Wildman–Crippen LogP) is 0.879. The van der Waals surface area contributed by atoms with Crippen molar-refractivity contribution in [1.82, 2.24) is 19.5 Å². The first kappa shape index (κ1) is 9.25. The second-order valence-corrected chi connectivity index (χ2v) is 2.84. The molecule has 15 heavy (non-hydrogen) atoms. The molecule has 0 spiro atoms. The molecular formula is C8H7N5O2. The summed E-state index contributed by atoms with van der Waals surface area (Å²) >= 11 is 0. The standard InChI is InChI=1S/C8H7N5O2/c1-6-9-2-3-12(6)8-10-4-7(5-11-8)13(14)15/h2-5H,1H3. The molecule has 0 amide bonds. The topological polar surface area (TPSA) is 86.7 Å². The molecule has 76 valence electrons. The fourth-order valence-electron chi connectivity index (χ4n) is 1.12. The maximum absolute atomic E-state index is 10.4. The van der Waals surface area contributed by atoms with Crippen LogP contribution in [0.2, 0.25) is 0 Å². The van der Waals surface area contributed by atoms with E-state index in [9.17, 15) is 10.1 Å². The minimum Gasteiger partial charge on any atom is -0.272 e. The molecule has 0 aliphatic carbocycles. The molecule has 0 aliphatic heterocycles. The van der Waals surface area contributed by atoms with Gasteiger partial charge in [0, 0.05) is 12.4 Å². The molecule has 0 unspecified atom stereocenters. The summed E-state index contributed by atoms with van der Waals surface area (Å²) in [5.74, 6) is 1.10. The molecule has 2 aromatic heterocycles. The molecule has 7 heteroatoms. The zero-order chi connectivity index (χ0) is 10.8. The van der Waals surface area contributed by atoms with E-state index in [1.165, 1.54) is 12.4 Å². The van der Waals surface area contributed by atoms with Crippen molar-refractivity contribution in [3.8, 4) is 5.95 Å². The van der Waals surface area contributed by atoms with Gasteiger partial charge in [-0.2, -0.15) is 0 Å². The molecule has 0 fully saturated rings. The highest BCUT2D eigenvalue weighted by Gasteiger charge is 2.08. The Labute approximate surface area is 84.6 Å². The fraction of sp³-hybridized carbons (Fsp3) is 0.125. The van der Waals surface area contributed by atoms with Gasteiger partial charge in [0.15, 0.2) is 0 Å². The summed E-state index contributed by atoms with van der Waals surface area (Å²) in [7, 11) is 0. The van der Waals surface area contributed by atoms with Crippen molar-refractivity contribution < 1.29 is 4.92 Å². The highest BCUT2D eigenvalue weighted by molar-refractivity contribution is 5.25. The van der Waals surface area contributed by atoms with Crippen molar-refractivity contribution in [2.24, 2.45) is 0 Å². The lowest BCUT2D eigenvalue weighted by Gasteiger charge is -2.00. The Morgan fingerprint density at radius 3 is 2.47 bits per heavy atom. The van der Waals surface area contributed by atoms with E-state index in [1.54, 1.807) is 23.9 Å². The van der Waals surface area contributed by atoms with Gasteiger partial charge in [0.25, 0.3) is 0 Å². The Morgan fingerprint density at radius 2 is 2.00 bits per heavy atom. The molecule has 0 saturated heterocycles. The molecule has 0 atom stereocenters. The summed E-state index contributed by atoms with van der Waals surface area (Å²) in [6.07, 6.45) is 5.64. The third-order valence-electron chi connectivity index (χ3n) is 1.88. The van der Waals surface area contributed by atoms with Crippen molar-refractivity contribution in [3.05, 3.63) is 40.7 Å². The first-order valence-electron chi connectivity index (χ1n) is 4.15. The van der Waals surface area contributed by atoms with E-state index in [4.69, 9.17) is 0 Å². The lowest BCUT2D eigenvalue weighted by atomic mass is 10.5. The Hall–Kier alpha value is -2.31. The van der Waals surface area contributed by atoms with E-state index in [1.807, 2.05) is 0 Å². The van der Waals surface area contributed by atoms with Gasteiger partial charge in [-0.05, 0) is 6.92 Å². The summed E-state index contributed by atoms with van der Waals surface area (Å²) < 4.78 is 1.64. The van der Waals surface area contributed by atoms with Crippen LogP contribution in [0.4, 0.5) is 5.69 Å². The molecule has 2 rings (SSSR count). The Bertz CT molecular complexity index is 490. The van der Waals surface area contributed by atoms with E-state index in [2.05, 4.69) is 15.0 Å². The van der Waals surface area contributed by atoms with E-state index in [-0.39, 0.29) is 5.69 Å². The maximum atomic E-state index is 10.4. The molecule has 0 bridgehead atoms. The molecule has 0 aliphatic rings. The van der Waals surface area contributed by atoms with Gasteiger partial charge in [0.1, 0.15) is 18.2 Å².